The van der Waals surface area contributed by atoms with E-state index in [1.165, 1.54) is 29.6 Å². The number of rotatable bonds is 6. The second kappa shape index (κ2) is 8.79. The maximum absolute atomic E-state index is 12.6. The highest BCUT2D eigenvalue weighted by molar-refractivity contribution is 7.16. The van der Waals surface area contributed by atoms with E-state index in [1.54, 1.807) is 18.5 Å². The van der Waals surface area contributed by atoms with E-state index in [-0.39, 0.29) is 5.91 Å². The van der Waals surface area contributed by atoms with E-state index in [1.807, 2.05) is 13.8 Å². The summed E-state index contributed by atoms with van der Waals surface area (Å²) in [6, 6.07) is 7.74. The summed E-state index contributed by atoms with van der Waals surface area (Å²) >= 11 is 1.25. The topological polar surface area (TPSA) is 86.1 Å². The molecule has 1 amide bonds. The lowest BCUT2D eigenvalue weighted by Gasteiger charge is -2.10. The fourth-order valence-corrected chi connectivity index (χ4v) is 4.18. The fraction of sp³-hybridized carbons (Fsp3) is 0.364. The van der Waals surface area contributed by atoms with Crippen molar-refractivity contribution in [1.29, 1.82) is 0 Å². The van der Waals surface area contributed by atoms with E-state index in [9.17, 15) is 9.59 Å². The van der Waals surface area contributed by atoms with Crippen LogP contribution in [0.25, 0.3) is 5.13 Å². The lowest BCUT2D eigenvalue weighted by Crippen LogP contribution is -2.39. The fourth-order valence-electron chi connectivity index (χ4n) is 3.21. The molecule has 0 aliphatic carbocycles. The van der Waals surface area contributed by atoms with Crippen molar-refractivity contribution in [2.45, 2.75) is 47.1 Å². The Bertz CT molecular complexity index is 1080. The number of ether oxygens (including phenoxy) is 1. The van der Waals surface area contributed by atoms with Crippen LogP contribution in [0.4, 0.5) is 0 Å². The van der Waals surface area contributed by atoms with Crippen molar-refractivity contribution in [2.75, 3.05) is 7.11 Å². The van der Waals surface area contributed by atoms with Crippen LogP contribution in [-0.2, 0) is 16.0 Å². The van der Waals surface area contributed by atoms with Crippen LogP contribution in [0.5, 0.6) is 0 Å². The molecule has 7 nitrogen and oxygen atoms in total. The number of aromatic nitrogens is 3. The van der Waals surface area contributed by atoms with Gasteiger partial charge in [0.2, 0.25) is 5.13 Å². The molecule has 1 atom stereocenters. The third kappa shape index (κ3) is 4.43. The van der Waals surface area contributed by atoms with Crippen LogP contribution in [0.15, 0.2) is 24.3 Å². The van der Waals surface area contributed by atoms with Gasteiger partial charge in [-0.25, -0.2) is 14.5 Å². The van der Waals surface area contributed by atoms with E-state index < -0.39 is 12.0 Å². The number of hydrogen-bond acceptors (Lipinski definition) is 6. The largest absolute Gasteiger partial charge is 0.467 e. The Morgan fingerprint density at radius 3 is 2.43 bits per heavy atom. The number of nitrogens with one attached hydrogen (secondary N) is 1. The molecule has 158 valence electrons. The maximum atomic E-state index is 12.6. The Balaban J connectivity index is 1.86. The van der Waals surface area contributed by atoms with Crippen molar-refractivity contribution in [3.63, 3.8) is 0 Å². The second-order valence-corrected chi connectivity index (χ2v) is 8.33. The van der Waals surface area contributed by atoms with Gasteiger partial charge in [-0.15, -0.1) is 0 Å². The number of methoxy groups -OCH3 is 1. The second-order valence-electron chi connectivity index (χ2n) is 7.35. The first kappa shape index (κ1) is 21.7. The molecule has 3 aromatic rings. The summed E-state index contributed by atoms with van der Waals surface area (Å²) in [7, 11) is 1.29. The van der Waals surface area contributed by atoms with Crippen LogP contribution >= 0.6 is 11.3 Å². The van der Waals surface area contributed by atoms with Crippen LogP contribution in [0.3, 0.4) is 0 Å². The minimum Gasteiger partial charge on any atom is -0.467 e. The van der Waals surface area contributed by atoms with E-state index in [0.717, 1.165) is 23.4 Å². The number of esters is 1. The maximum Gasteiger partial charge on any atom is 0.328 e. The molecule has 2 aromatic heterocycles. The first-order valence-electron chi connectivity index (χ1n) is 9.68. The summed E-state index contributed by atoms with van der Waals surface area (Å²) in [4.78, 5) is 29.2. The molecule has 0 aliphatic rings. The van der Waals surface area contributed by atoms with Gasteiger partial charge < -0.3 is 10.1 Å². The first-order chi connectivity index (χ1) is 14.2. The summed E-state index contributed by atoms with van der Waals surface area (Å²) in [6.07, 6.45) is 0.784. The SMILES string of the molecule is COC(=O)[C@@H](C)NC(=O)c1sc(-n2nc(C)c(Cc3ccc(C)cc3)c2C)nc1C. The smallest absolute Gasteiger partial charge is 0.328 e. The average molecular weight is 427 g/mol. The number of amides is 1. The number of carbonyl (C=O) groups is 2. The Morgan fingerprint density at radius 2 is 1.80 bits per heavy atom. The van der Waals surface area contributed by atoms with Gasteiger partial charge >= 0.3 is 5.97 Å². The van der Waals surface area contributed by atoms with Crippen LogP contribution in [-0.4, -0.2) is 39.8 Å². The van der Waals surface area contributed by atoms with E-state index in [2.05, 4.69) is 51.3 Å². The quantitative estimate of drug-likeness (QED) is 0.610. The number of thiazole rings is 1. The van der Waals surface area contributed by atoms with Gasteiger partial charge in [-0.2, -0.15) is 5.10 Å². The zero-order valence-electron chi connectivity index (χ0n) is 18.1. The van der Waals surface area contributed by atoms with Crippen molar-refractivity contribution in [3.8, 4) is 5.13 Å². The molecule has 0 radical (unpaired) electrons. The summed E-state index contributed by atoms with van der Waals surface area (Å²) in [6.45, 7) is 9.43. The molecule has 0 spiro atoms. The first-order valence-corrected chi connectivity index (χ1v) is 10.5. The molecule has 3 rings (SSSR count). The van der Waals surface area contributed by atoms with Crippen molar-refractivity contribution in [2.24, 2.45) is 0 Å². The monoisotopic (exact) mass is 426 g/mol. The van der Waals surface area contributed by atoms with Crippen LogP contribution < -0.4 is 5.32 Å². The summed E-state index contributed by atoms with van der Waals surface area (Å²) < 4.78 is 6.45. The molecular weight excluding hydrogens is 400 g/mol. The lowest BCUT2D eigenvalue weighted by atomic mass is 10.0. The Morgan fingerprint density at radius 1 is 1.13 bits per heavy atom. The van der Waals surface area contributed by atoms with E-state index in [0.29, 0.717) is 15.7 Å². The molecule has 0 unspecified atom stereocenters. The van der Waals surface area contributed by atoms with Gasteiger partial charge in [0.15, 0.2) is 0 Å². The van der Waals surface area contributed by atoms with Crippen molar-refractivity contribution < 1.29 is 14.3 Å². The third-order valence-corrected chi connectivity index (χ3v) is 6.15. The Hall–Kier alpha value is -3.00. The van der Waals surface area contributed by atoms with Crippen LogP contribution in [0.1, 0.15) is 50.4 Å². The summed E-state index contributed by atoms with van der Waals surface area (Å²) in [5.74, 6) is -0.847. The van der Waals surface area contributed by atoms with Gasteiger partial charge in [-0.1, -0.05) is 41.2 Å². The highest BCUT2D eigenvalue weighted by atomic mass is 32.1. The van der Waals surface area contributed by atoms with Crippen LogP contribution in [0.2, 0.25) is 0 Å². The standard InChI is InChI=1S/C22H26N4O3S/c1-12-7-9-17(10-8-12)11-18-13(2)25-26(16(18)5)22-24-14(3)19(30-22)20(27)23-15(4)21(28)29-6/h7-10,15H,11H2,1-6H3,(H,23,27)/t15-/m1/s1. The molecule has 2 heterocycles. The van der Waals surface area contributed by atoms with Gasteiger partial charge in [0.25, 0.3) is 5.91 Å². The molecule has 1 aromatic carbocycles. The molecule has 0 bridgehead atoms. The number of hydrogen-bond donors (Lipinski definition) is 1. The van der Waals surface area contributed by atoms with Crippen molar-refractivity contribution >= 4 is 23.2 Å². The highest BCUT2D eigenvalue weighted by Gasteiger charge is 2.23. The highest BCUT2D eigenvalue weighted by Crippen LogP contribution is 2.26. The average Bonchev–Trinajstić information content (AvgIpc) is 3.23. The molecule has 30 heavy (non-hydrogen) atoms. The molecule has 8 heteroatoms. The van der Waals surface area contributed by atoms with Gasteiger partial charge in [-0.3, -0.25) is 4.79 Å². The number of nitrogens with zero attached hydrogens (tertiary/aromatic N) is 3. The molecule has 0 saturated heterocycles. The molecule has 0 fully saturated rings. The van der Waals surface area contributed by atoms with Crippen molar-refractivity contribution in [1.82, 2.24) is 20.1 Å². The van der Waals surface area contributed by atoms with E-state index >= 15 is 0 Å². The van der Waals surface area contributed by atoms with Gasteiger partial charge in [-0.05, 0) is 40.2 Å². The number of aryl methyl sites for hydroxylation is 3. The lowest BCUT2D eigenvalue weighted by molar-refractivity contribution is -0.142. The van der Waals surface area contributed by atoms with E-state index in [4.69, 9.17) is 0 Å². The van der Waals surface area contributed by atoms with Gasteiger partial charge in [0.1, 0.15) is 10.9 Å². The third-order valence-electron chi connectivity index (χ3n) is 5.02. The van der Waals surface area contributed by atoms with Gasteiger partial charge in [0.05, 0.1) is 18.5 Å². The minimum atomic E-state index is -0.734. The van der Waals surface area contributed by atoms with Crippen molar-refractivity contribution in [3.05, 3.63) is 62.9 Å². The molecular formula is C22H26N4O3S. The zero-order chi connectivity index (χ0) is 22.0. The predicted octanol–water partition coefficient (Wildman–Crippen LogP) is 3.44. The number of carbonyl (C=O) groups excluding carboxylic acids is 2. The minimum absolute atomic E-state index is 0.351. The summed E-state index contributed by atoms with van der Waals surface area (Å²) in [5, 5.41) is 7.94. The Kier molecular flexibility index (Phi) is 6.36. The molecule has 1 N–H and O–H groups in total. The predicted molar refractivity (Wildman–Crippen MR) is 116 cm³/mol. The van der Waals surface area contributed by atoms with Crippen LogP contribution in [0, 0.1) is 27.7 Å². The van der Waals surface area contributed by atoms with Gasteiger partial charge in [0, 0.05) is 17.7 Å². The molecule has 0 aliphatic heterocycles. The molecule has 0 saturated carbocycles. The number of benzene rings is 1. The summed E-state index contributed by atoms with van der Waals surface area (Å²) in [5.41, 5.74) is 6.13. The Labute approximate surface area is 180 Å². The normalized spacial score (nSPS) is 11.9. The zero-order valence-corrected chi connectivity index (χ0v) is 18.9.